The minimum absolute atomic E-state index is 0.0597. The normalized spacial score (nSPS) is 13.0. The second kappa shape index (κ2) is 10.4. The molecule has 0 aliphatic heterocycles. The predicted molar refractivity (Wildman–Crippen MR) is 133 cm³/mol. The summed E-state index contributed by atoms with van der Waals surface area (Å²) in [6.45, 7) is 0. The zero-order valence-electron chi connectivity index (χ0n) is 17.1. The average molecular weight is 521 g/mol. The summed E-state index contributed by atoms with van der Waals surface area (Å²) in [5.41, 5.74) is 4.97. The van der Waals surface area contributed by atoms with Crippen molar-refractivity contribution >= 4 is 69.4 Å². The lowest BCUT2D eigenvalue weighted by atomic mass is 9.96. The molecule has 0 spiro atoms. The third-order valence-electron chi connectivity index (χ3n) is 4.88. The molecule has 4 N–H and O–H groups in total. The molecule has 0 bridgehead atoms. The minimum Gasteiger partial charge on any atom is -0.334 e. The van der Waals surface area contributed by atoms with E-state index in [4.69, 9.17) is 29.0 Å². The highest BCUT2D eigenvalue weighted by Gasteiger charge is 2.22. The SMILES string of the molecule is N#Cc1c(NC(=O)CSc2nnc(N/N=C/c3cccc(Cl)c3Cl)n2N)sc2c1CCCC2. The number of nitrogens with zero attached hydrogens (tertiary/aromatic N) is 5. The number of carbonyl (C=O) groups is 1. The van der Waals surface area contributed by atoms with E-state index in [0.717, 1.165) is 43.0 Å². The molecule has 1 aliphatic carbocycles. The van der Waals surface area contributed by atoms with E-state index >= 15 is 0 Å². The number of nitrogen functional groups attached to an aromatic ring is 1. The van der Waals surface area contributed by atoms with Crippen molar-refractivity contribution in [2.75, 3.05) is 22.3 Å². The van der Waals surface area contributed by atoms with Crippen LogP contribution in [0.15, 0.2) is 28.5 Å². The number of nitriles is 1. The van der Waals surface area contributed by atoms with Gasteiger partial charge in [0.15, 0.2) is 0 Å². The number of halogens is 2. The second-order valence-electron chi connectivity index (χ2n) is 7.05. The third kappa shape index (κ3) is 5.25. The fourth-order valence-electron chi connectivity index (χ4n) is 3.30. The van der Waals surface area contributed by atoms with Crippen LogP contribution in [0.3, 0.4) is 0 Å². The largest absolute Gasteiger partial charge is 0.334 e. The molecule has 3 aromatic rings. The Kier molecular flexibility index (Phi) is 7.39. The van der Waals surface area contributed by atoms with E-state index in [1.54, 1.807) is 18.2 Å². The van der Waals surface area contributed by atoms with Gasteiger partial charge in [0, 0.05) is 10.4 Å². The van der Waals surface area contributed by atoms with Crippen LogP contribution in [0.2, 0.25) is 10.0 Å². The first-order valence-corrected chi connectivity index (χ1v) is 12.4. The van der Waals surface area contributed by atoms with Gasteiger partial charge in [-0.15, -0.1) is 21.5 Å². The van der Waals surface area contributed by atoms with Gasteiger partial charge < -0.3 is 11.2 Å². The molecular weight excluding hydrogens is 503 g/mol. The Bertz CT molecular complexity index is 1260. The Hall–Kier alpha value is -2.78. The van der Waals surface area contributed by atoms with Gasteiger partial charge in [-0.3, -0.25) is 4.79 Å². The maximum Gasteiger partial charge on any atom is 0.264 e. The van der Waals surface area contributed by atoms with Crippen molar-refractivity contribution in [3.8, 4) is 6.07 Å². The predicted octanol–water partition coefficient (Wildman–Crippen LogP) is 4.29. The van der Waals surface area contributed by atoms with E-state index in [-0.39, 0.29) is 17.6 Å². The molecule has 9 nitrogen and oxygen atoms in total. The van der Waals surface area contributed by atoms with Crippen molar-refractivity contribution in [1.29, 1.82) is 5.26 Å². The summed E-state index contributed by atoms with van der Waals surface area (Å²) in [7, 11) is 0. The topological polar surface area (TPSA) is 134 Å². The summed E-state index contributed by atoms with van der Waals surface area (Å²) in [5.74, 6) is 6.00. The summed E-state index contributed by atoms with van der Waals surface area (Å²) in [5, 5.41) is 26.1. The standard InChI is InChI=1S/C20H18Cl2N8OS2/c21-14-6-3-4-11(17(14)22)9-25-27-19-28-29-20(30(19)24)32-10-16(31)26-18-13(8-23)12-5-1-2-7-15(12)33-18/h3-4,6,9H,1-2,5,7,10,24H2,(H,26,31)(H,27,28)/b25-9+. The molecule has 0 unspecified atom stereocenters. The Labute approximate surface area is 207 Å². The number of thioether (sulfide) groups is 1. The number of hydrogen-bond acceptors (Lipinski definition) is 9. The van der Waals surface area contributed by atoms with Crippen LogP contribution in [0.4, 0.5) is 10.9 Å². The first-order valence-electron chi connectivity index (χ1n) is 9.88. The molecule has 0 radical (unpaired) electrons. The van der Waals surface area contributed by atoms with Crippen LogP contribution in [0, 0.1) is 11.3 Å². The highest BCUT2D eigenvalue weighted by atomic mass is 35.5. The monoisotopic (exact) mass is 520 g/mol. The molecule has 0 atom stereocenters. The van der Waals surface area contributed by atoms with Crippen LogP contribution in [0.1, 0.15) is 34.4 Å². The molecule has 13 heteroatoms. The van der Waals surface area contributed by atoms with Gasteiger partial charge in [-0.2, -0.15) is 10.4 Å². The molecule has 170 valence electrons. The average Bonchev–Trinajstić information content (AvgIpc) is 3.34. The quantitative estimate of drug-likeness (QED) is 0.183. The Balaban J connectivity index is 1.35. The van der Waals surface area contributed by atoms with E-state index in [0.29, 0.717) is 31.3 Å². The van der Waals surface area contributed by atoms with Crippen LogP contribution in [0.5, 0.6) is 0 Å². The van der Waals surface area contributed by atoms with Crippen molar-refractivity contribution < 1.29 is 4.79 Å². The first-order chi connectivity index (χ1) is 16.0. The van der Waals surface area contributed by atoms with Crippen LogP contribution in [-0.4, -0.2) is 32.7 Å². The molecule has 2 heterocycles. The fourth-order valence-corrected chi connectivity index (χ4v) is 5.57. The van der Waals surface area contributed by atoms with Crippen molar-refractivity contribution in [2.45, 2.75) is 30.8 Å². The number of aromatic nitrogens is 3. The number of fused-ring (bicyclic) bond motifs is 1. The third-order valence-corrected chi connectivity index (χ3v) is 7.87. The van der Waals surface area contributed by atoms with E-state index < -0.39 is 0 Å². The summed E-state index contributed by atoms with van der Waals surface area (Å²) < 4.78 is 1.19. The van der Waals surface area contributed by atoms with Crippen molar-refractivity contribution in [1.82, 2.24) is 14.9 Å². The Morgan fingerprint density at radius 3 is 3.00 bits per heavy atom. The zero-order valence-corrected chi connectivity index (χ0v) is 20.3. The van der Waals surface area contributed by atoms with E-state index in [1.807, 2.05) is 0 Å². The molecular formula is C20H18Cl2N8OS2. The maximum atomic E-state index is 12.5. The summed E-state index contributed by atoms with van der Waals surface area (Å²) in [6, 6.07) is 7.43. The summed E-state index contributed by atoms with van der Waals surface area (Å²) >= 11 is 14.7. The smallest absolute Gasteiger partial charge is 0.264 e. The van der Waals surface area contributed by atoms with Crippen LogP contribution in [-0.2, 0) is 17.6 Å². The number of nitrogens with two attached hydrogens (primary N) is 1. The number of hydrogen-bond donors (Lipinski definition) is 3. The molecule has 33 heavy (non-hydrogen) atoms. The van der Waals surface area contributed by atoms with Crippen molar-refractivity contribution in [3.63, 3.8) is 0 Å². The number of benzene rings is 1. The molecule has 2 aromatic heterocycles. The van der Waals surface area contributed by atoms with Gasteiger partial charge in [-0.05, 0) is 37.3 Å². The number of aryl methyl sites for hydroxylation is 1. The van der Waals surface area contributed by atoms with Crippen LogP contribution < -0.4 is 16.6 Å². The first kappa shape index (κ1) is 23.4. The second-order valence-corrected chi connectivity index (χ2v) is 9.89. The fraction of sp³-hybridized carbons (Fsp3) is 0.250. The number of amides is 1. The lowest BCUT2D eigenvalue weighted by Gasteiger charge is -2.09. The van der Waals surface area contributed by atoms with Gasteiger partial charge in [0.25, 0.3) is 5.95 Å². The van der Waals surface area contributed by atoms with Crippen LogP contribution >= 0.6 is 46.3 Å². The number of rotatable bonds is 7. The van der Waals surface area contributed by atoms with Gasteiger partial charge in [0.05, 0.1) is 27.6 Å². The Morgan fingerprint density at radius 1 is 1.36 bits per heavy atom. The van der Waals surface area contributed by atoms with Gasteiger partial charge in [-0.1, -0.05) is 47.1 Å². The number of nitrogens with one attached hydrogen (secondary N) is 2. The van der Waals surface area contributed by atoms with Crippen molar-refractivity contribution in [3.05, 3.63) is 49.8 Å². The molecule has 1 amide bonds. The van der Waals surface area contributed by atoms with Gasteiger partial charge >= 0.3 is 0 Å². The van der Waals surface area contributed by atoms with Crippen molar-refractivity contribution in [2.24, 2.45) is 5.10 Å². The molecule has 4 rings (SSSR count). The number of hydrazone groups is 1. The zero-order chi connectivity index (χ0) is 23.4. The maximum absolute atomic E-state index is 12.5. The highest BCUT2D eigenvalue weighted by molar-refractivity contribution is 7.99. The molecule has 0 fully saturated rings. The molecule has 0 saturated heterocycles. The minimum atomic E-state index is -0.249. The van der Waals surface area contributed by atoms with E-state index in [1.165, 1.54) is 27.1 Å². The number of thiophene rings is 1. The summed E-state index contributed by atoms with van der Waals surface area (Å²) in [6.07, 6.45) is 5.51. The highest BCUT2D eigenvalue weighted by Crippen LogP contribution is 2.37. The Morgan fingerprint density at radius 2 is 2.18 bits per heavy atom. The molecule has 1 aliphatic rings. The van der Waals surface area contributed by atoms with Gasteiger partial charge in [-0.25, -0.2) is 10.1 Å². The lowest BCUT2D eigenvalue weighted by molar-refractivity contribution is -0.113. The van der Waals surface area contributed by atoms with Gasteiger partial charge in [0.1, 0.15) is 11.1 Å². The molecule has 0 saturated carbocycles. The number of anilines is 2. The number of carbonyl (C=O) groups excluding carboxylic acids is 1. The molecule has 1 aromatic carbocycles. The van der Waals surface area contributed by atoms with Gasteiger partial charge in [0.2, 0.25) is 11.1 Å². The van der Waals surface area contributed by atoms with E-state index in [2.05, 4.69) is 32.1 Å². The lowest BCUT2D eigenvalue weighted by Crippen LogP contribution is -2.17. The van der Waals surface area contributed by atoms with E-state index in [9.17, 15) is 10.1 Å². The van der Waals surface area contributed by atoms with Crippen LogP contribution in [0.25, 0.3) is 0 Å². The summed E-state index contributed by atoms with van der Waals surface area (Å²) in [4.78, 5) is 13.7.